The topological polar surface area (TPSA) is 58.6 Å². The highest BCUT2D eigenvalue weighted by Gasteiger charge is 2.12. The standard InChI is InChI=1S/C21H18F2N2O3/c1-3-15-7-6-9-17(13-15)24-19(26)14-25(2)20(27)12-11-16-8-4-5-10-18(16)28-21(22)23/h1,4-13,21H,14H2,2H3,(H,24,26)/b12-11+. The molecule has 0 atom stereocenters. The summed E-state index contributed by atoms with van der Waals surface area (Å²) in [4.78, 5) is 25.5. The number of anilines is 1. The maximum Gasteiger partial charge on any atom is 0.387 e. The van der Waals surface area contributed by atoms with Crippen LogP contribution in [0.2, 0.25) is 0 Å². The first kappa shape index (κ1) is 20.6. The van der Waals surface area contributed by atoms with Crippen molar-refractivity contribution in [2.75, 3.05) is 18.9 Å². The van der Waals surface area contributed by atoms with Gasteiger partial charge in [0.25, 0.3) is 0 Å². The maximum atomic E-state index is 12.4. The van der Waals surface area contributed by atoms with Gasteiger partial charge in [0, 0.05) is 29.9 Å². The number of hydrogen-bond donors (Lipinski definition) is 1. The van der Waals surface area contributed by atoms with Crippen LogP contribution in [0.3, 0.4) is 0 Å². The van der Waals surface area contributed by atoms with E-state index in [1.807, 2.05) is 0 Å². The fourth-order valence-corrected chi connectivity index (χ4v) is 2.29. The van der Waals surface area contributed by atoms with Crippen LogP contribution in [-0.2, 0) is 9.59 Å². The molecule has 0 radical (unpaired) electrons. The Labute approximate surface area is 161 Å². The van der Waals surface area contributed by atoms with E-state index in [-0.39, 0.29) is 12.3 Å². The van der Waals surface area contributed by atoms with Gasteiger partial charge in [-0.05, 0) is 30.3 Å². The van der Waals surface area contributed by atoms with Gasteiger partial charge in [0.1, 0.15) is 5.75 Å². The number of hydrogen-bond acceptors (Lipinski definition) is 3. The Morgan fingerprint density at radius 1 is 1.25 bits per heavy atom. The van der Waals surface area contributed by atoms with E-state index in [1.54, 1.807) is 36.4 Å². The van der Waals surface area contributed by atoms with Gasteiger partial charge in [-0.1, -0.05) is 30.2 Å². The zero-order chi connectivity index (χ0) is 20.5. The summed E-state index contributed by atoms with van der Waals surface area (Å²) in [5, 5.41) is 2.65. The van der Waals surface area contributed by atoms with Crippen LogP contribution in [0.4, 0.5) is 14.5 Å². The van der Waals surface area contributed by atoms with Gasteiger partial charge in [-0.25, -0.2) is 0 Å². The minimum atomic E-state index is -2.97. The molecule has 0 aliphatic carbocycles. The maximum absolute atomic E-state index is 12.4. The molecule has 2 amide bonds. The summed E-state index contributed by atoms with van der Waals surface area (Å²) >= 11 is 0. The summed E-state index contributed by atoms with van der Waals surface area (Å²) < 4.78 is 29.2. The lowest BCUT2D eigenvalue weighted by molar-refractivity contribution is -0.129. The number of terminal acetylenes is 1. The smallest absolute Gasteiger partial charge is 0.387 e. The van der Waals surface area contributed by atoms with Crippen molar-refractivity contribution in [2.24, 2.45) is 0 Å². The van der Waals surface area contributed by atoms with Crippen molar-refractivity contribution in [2.45, 2.75) is 6.61 Å². The highest BCUT2D eigenvalue weighted by Crippen LogP contribution is 2.21. The van der Waals surface area contributed by atoms with E-state index in [1.165, 1.54) is 36.2 Å². The molecule has 0 heterocycles. The number of alkyl halides is 2. The fraction of sp³-hybridized carbons (Fsp3) is 0.143. The molecule has 0 unspecified atom stereocenters. The van der Waals surface area contributed by atoms with E-state index < -0.39 is 18.4 Å². The zero-order valence-corrected chi connectivity index (χ0v) is 15.1. The predicted octanol–water partition coefficient (Wildman–Crippen LogP) is 3.38. The van der Waals surface area contributed by atoms with E-state index >= 15 is 0 Å². The van der Waals surface area contributed by atoms with Crippen molar-refractivity contribution in [1.82, 2.24) is 4.90 Å². The van der Waals surface area contributed by atoms with Gasteiger partial charge in [0.15, 0.2) is 0 Å². The average molecular weight is 384 g/mol. The van der Waals surface area contributed by atoms with Crippen LogP contribution in [0.25, 0.3) is 6.08 Å². The van der Waals surface area contributed by atoms with Gasteiger partial charge >= 0.3 is 6.61 Å². The van der Waals surface area contributed by atoms with Crippen LogP contribution < -0.4 is 10.1 Å². The number of likely N-dealkylation sites (N-methyl/N-ethyl adjacent to an activating group) is 1. The predicted molar refractivity (Wildman–Crippen MR) is 103 cm³/mol. The van der Waals surface area contributed by atoms with Gasteiger partial charge in [0.05, 0.1) is 6.54 Å². The average Bonchev–Trinajstić information content (AvgIpc) is 2.66. The Kier molecular flexibility index (Phi) is 7.28. The van der Waals surface area contributed by atoms with Gasteiger partial charge in [-0.15, -0.1) is 6.42 Å². The second kappa shape index (κ2) is 9.88. The number of amides is 2. The third kappa shape index (κ3) is 6.25. The zero-order valence-electron chi connectivity index (χ0n) is 15.1. The van der Waals surface area contributed by atoms with Crippen molar-refractivity contribution >= 4 is 23.6 Å². The second-order valence-corrected chi connectivity index (χ2v) is 5.72. The number of nitrogens with one attached hydrogen (secondary N) is 1. The van der Waals surface area contributed by atoms with Crippen molar-refractivity contribution in [1.29, 1.82) is 0 Å². The normalized spacial score (nSPS) is 10.5. The molecule has 0 aliphatic heterocycles. The lowest BCUT2D eigenvalue weighted by atomic mass is 10.2. The number of halogens is 2. The SMILES string of the molecule is C#Cc1cccc(NC(=O)CN(C)C(=O)/C=C/c2ccccc2OC(F)F)c1. The third-order valence-electron chi connectivity index (χ3n) is 3.61. The highest BCUT2D eigenvalue weighted by molar-refractivity contribution is 5.98. The van der Waals surface area contributed by atoms with E-state index in [4.69, 9.17) is 6.42 Å². The van der Waals surface area contributed by atoms with Crippen LogP contribution in [0, 0.1) is 12.3 Å². The highest BCUT2D eigenvalue weighted by atomic mass is 19.3. The molecule has 2 rings (SSSR count). The molecule has 1 N–H and O–H groups in total. The summed E-state index contributed by atoms with van der Waals surface area (Å²) in [5.74, 6) is 1.54. The monoisotopic (exact) mass is 384 g/mol. The van der Waals surface area contributed by atoms with E-state index in [9.17, 15) is 18.4 Å². The first-order valence-corrected chi connectivity index (χ1v) is 8.22. The molecule has 7 heteroatoms. The summed E-state index contributed by atoms with van der Waals surface area (Å²) in [6, 6.07) is 12.8. The first-order valence-electron chi connectivity index (χ1n) is 8.22. The number of carbonyl (C=O) groups excluding carboxylic acids is 2. The molecule has 0 saturated heterocycles. The molecule has 0 bridgehead atoms. The molecule has 2 aromatic carbocycles. The summed E-state index contributed by atoms with van der Waals surface area (Å²) in [6.07, 6.45) is 7.85. The van der Waals surface area contributed by atoms with Crippen molar-refractivity contribution in [3.63, 3.8) is 0 Å². The minimum absolute atomic E-state index is 0.0460. The molecule has 5 nitrogen and oxygen atoms in total. The Bertz CT molecular complexity index is 920. The van der Waals surface area contributed by atoms with Crippen LogP contribution in [-0.4, -0.2) is 36.9 Å². The minimum Gasteiger partial charge on any atom is -0.434 e. The summed E-state index contributed by atoms with van der Waals surface area (Å²) in [5.41, 5.74) is 1.46. The molecule has 0 saturated carbocycles. The molecule has 0 aliphatic rings. The molecule has 144 valence electrons. The first-order chi connectivity index (χ1) is 13.4. The molecule has 0 fully saturated rings. The second-order valence-electron chi connectivity index (χ2n) is 5.72. The lowest BCUT2D eigenvalue weighted by Crippen LogP contribution is -2.33. The number of carbonyl (C=O) groups is 2. The fourth-order valence-electron chi connectivity index (χ4n) is 2.29. The van der Waals surface area contributed by atoms with Crippen LogP contribution in [0.15, 0.2) is 54.6 Å². The largest absolute Gasteiger partial charge is 0.434 e. The number of rotatable bonds is 7. The molecular formula is C21H18F2N2O3. The van der Waals surface area contributed by atoms with Crippen LogP contribution in [0.1, 0.15) is 11.1 Å². The van der Waals surface area contributed by atoms with E-state index in [0.29, 0.717) is 16.8 Å². The molecule has 2 aromatic rings. The van der Waals surface area contributed by atoms with Gasteiger partial charge in [-0.2, -0.15) is 8.78 Å². The van der Waals surface area contributed by atoms with E-state index in [2.05, 4.69) is 16.0 Å². The molecule has 0 aromatic heterocycles. The number of benzene rings is 2. The van der Waals surface area contributed by atoms with Crippen molar-refractivity contribution < 1.29 is 23.1 Å². The van der Waals surface area contributed by atoms with Crippen molar-refractivity contribution in [3.05, 3.63) is 65.7 Å². The Balaban J connectivity index is 1.96. The summed E-state index contributed by atoms with van der Waals surface area (Å²) in [7, 11) is 1.45. The van der Waals surface area contributed by atoms with Crippen LogP contribution in [0.5, 0.6) is 5.75 Å². The van der Waals surface area contributed by atoms with Crippen molar-refractivity contribution in [3.8, 4) is 18.1 Å². The van der Waals surface area contributed by atoms with Gasteiger partial charge in [-0.3, -0.25) is 9.59 Å². The Morgan fingerprint density at radius 3 is 2.71 bits per heavy atom. The van der Waals surface area contributed by atoms with Crippen LogP contribution >= 0.6 is 0 Å². The van der Waals surface area contributed by atoms with E-state index in [0.717, 1.165) is 0 Å². The lowest BCUT2D eigenvalue weighted by Gasteiger charge is -2.15. The Hall–Kier alpha value is -3.66. The molecule has 28 heavy (non-hydrogen) atoms. The summed E-state index contributed by atoms with van der Waals surface area (Å²) in [6.45, 7) is -3.16. The number of nitrogens with zero attached hydrogens (tertiary/aromatic N) is 1. The molecular weight excluding hydrogens is 366 g/mol. The Morgan fingerprint density at radius 2 is 2.00 bits per heavy atom. The number of ether oxygens (including phenoxy) is 1. The third-order valence-corrected chi connectivity index (χ3v) is 3.61. The molecule has 0 spiro atoms. The quantitative estimate of drug-likeness (QED) is 0.588. The van der Waals surface area contributed by atoms with Gasteiger partial charge in [0.2, 0.25) is 11.8 Å². The number of para-hydroxylation sites is 1. The van der Waals surface area contributed by atoms with Gasteiger partial charge < -0.3 is 15.0 Å².